The van der Waals surface area contributed by atoms with Crippen molar-refractivity contribution in [2.75, 3.05) is 11.9 Å². The quantitative estimate of drug-likeness (QED) is 0.801. The van der Waals surface area contributed by atoms with Crippen molar-refractivity contribution < 1.29 is 9.90 Å². The van der Waals surface area contributed by atoms with Gasteiger partial charge in [0.15, 0.2) is 0 Å². The average Bonchev–Trinajstić information content (AvgIpc) is 2.19. The number of benzene rings is 1. The minimum Gasteiger partial charge on any atom is -0.384 e. The molecular weight excluding hydrogens is 190 g/mol. The summed E-state index contributed by atoms with van der Waals surface area (Å²) in [6.07, 6.45) is -0.963. The van der Waals surface area contributed by atoms with Crippen LogP contribution in [0.1, 0.15) is 18.1 Å². The maximum Gasteiger partial charge on any atom is 0.255 e. The molecule has 1 aromatic carbocycles. The molecule has 0 aliphatic heterocycles. The number of carbonyl (C=O) groups excluding carboxylic acids is 1. The number of hydrogen-bond donors (Lipinski definition) is 1. The van der Waals surface area contributed by atoms with Crippen molar-refractivity contribution in [2.24, 2.45) is 0 Å². The van der Waals surface area contributed by atoms with Crippen molar-refractivity contribution in [3.05, 3.63) is 29.3 Å². The minimum absolute atomic E-state index is 0.288. The van der Waals surface area contributed by atoms with Gasteiger partial charge in [0.25, 0.3) is 5.91 Å². The van der Waals surface area contributed by atoms with Crippen LogP contribution in [0.25, 0.3) is 0 Å². The average molecular weight is 207 g/mol. The fourth-order valence-electron chi connectivity index (χ4n) is 1.48. The summed E-state index contributed by atoms with van der Waals surface area (Å²) in [5, 5.41) is 9.22. The van der Waals surface area contributed by atoms with Crippen LogP contribution >= 0.6 is 0 Å². The van der Waals surface area contributed by atoms with Gasteiger partial charge in [0.1, 0.15) is 6.10 Å². The molecule has 0 heterocycles. The van der Waals surface area contributed by atoms with Gasteiger partial charge < -0.3 is 10.0 Å². The zero-order valence-electron chi connectivity index (χ0n) is 9.61. The van der Waals surface area contributed by atoms with E-state index in [0.717, 1.165) is 16.8 Å². The Morgan fingerprint density at radius 3 is 2.53 bits per heavy atom. The summed E-state index contributed by atoms with van der Waals surface area (Å²) < 4.78 is 0. The highest BCUT2D eigenvalue weighted by Gasteiger charge is 2.17. The molecule has 0 saturated heterocycles. The lowest BCUT2D eigenvalue weighted by Crippen LogP contribution is -2.35. The molecule has 0 radical (unpaired) electrons. The highest BCUT2D eigenvalue weighted by atomic mass is 16.3. The SMILES string of the molecule is Cc1ccc(C)c(N(C)C(=O)C(C)O)c1. The van der Waals surface area contributed by atoms with Crippen molar-refractivity contribution >= 4 is 11.6 Å². The number of carbonyl (C=O) groups is 1. The van der Waals surface area contributed by atoms with Gasteiger partial charge >= 0.3 is 0 Å². The van der Waals surface area contributed by atoms with Gasteiger partial charge in [-0.3, -0.25) is 4.79 Å². The first kappa shape index (κ1) is 11.7. The Balaban J connectivity index is 3.05. The molecule has 1 rings (SSSR count). The molecule has 0 aromatic heterocycles. The van der Waals surface area contributed by atoms with Crippen molar-refractivity contribution in [1.82, 2.24) is 0 Å². The van der Waals surface area contributed by atoms with E-state index in [9.17, 15) is 9.90 Å². The number of aliphatic hydroxyl groups excluding tert-OH is 1. The maximum atomic E-state index is 11.6. The second kappa shape index (κ2) is 4.45. The number of likely N-dealkylation sites (N-methyl/N-ethyl adjacent to an activating group) is 1. The number of hydrogen-bond acceptors (Lipinski definition) is 2. The zero-order chi connectivity index (χ0) is 11.6. The zero-order valence-corrected chi connectivity index (χ0v) is 9.61. The number of amides is 1. The van der Waals surface area contributed by atoms with E-state index in [1.807, 2.05) is 32.0 Å². The molecule has 0 spiro atoms. The van der Waals surface area contributed by atoms with Crippen LogP contribution in [0.15, 0.2) is 18.2 Å². The number of nitrogens with zero attached hydrogens (tertiary/aromatic N) is 1. The van der Waals surface area contributed by atoms with Gasteiger partial charge in [-0.2, -0.15) is 0 Å². The third kappa shape index (κ3) is 2.57. The van der Waals surface area contributed by atoms with E-state index >= 15 is 0 Å². The summed E-state index contributed by atoms with van der Waals surface area (Å²) in [5.74, 6) is -0.288. The molecule has 1 atom stereocenters. The third-order valence-electron chi connectivity index (χ3n) is 2.41. The van der Waals surface area contributed by atoms with Gasteiger partial charge in [0.05, 0.1) is 0 Å². The number of anilines is 1. The minimum atomic E-state index is -0.963. The number of rotatable bonds is 2. The summed E-state index contributed by atoms with van der Waals surface area (Å²) in [6.45, 7) is 5.40. The van der Waals surface area contributed by atoms with E-state index in [4.69, 9.17) is 0 Å². The van der Waals surface area contributed by atoms with Crippen LogP contribution in [-0.4, -0.2) is 24.2 Å². The molecule has 3 heteroatoms. The first-order chi connectivity index (χ1) is 6.93. The summed E-state index contributed by atoms with van der Waals surface area (Å²) in [5.41, 5.74) is 2.97. The van der Waals surface area contributed by atoms with E-state index < -0.39 is 6.10 Å². The van der Waals surface area contributed by atoms with Crippen LogP contribution in [0.3, 0.4) is 0 Å². The van der Waals surface area contributed by atoms with Crippen LogP contribution in [0.2, 0.25) is 0 Å². The van der Waals surface area contributed by atoms with E-state index in [1.165, 1.54) is 11.8 Å². The van der Waals surface area contributed by atoms with Crippen LogP contribution < -0.4 is 4.90 Å². The first-order valence-electron chi connectivity index (χ1n) is 4.96. The van der Waals surface area contributed by atoms with Gasteiger partial charge in [-0.05, 0) is 38.0 Å². The molecule has 15 heavy (non-hydrogen) atoms. The predicted octanol–water partition coefficient (Wildman–Crippen LogP) is 1.65. The molecule has 1 aromatic rings. The highest BCUT2D eigenvalue weighted by molar-refractivity contribution is 5.96. The lowest BCUT2D eigenvalue weighted by Gasteiger charge is -2.21. The van der Waals surface area contributed by atoms with Gasteiger partial charge in [-0.1, -0.05) is 12.1 Å². The Labute approximate surface area is 90.3 Å². The Morgan fingerprint density at radius 1 is 1.40 bits per heavy atom. The summed E-state index contributed by atoms with van der Waals surface area (Å²) in [7, 11) is 1.68. The molecule has 82 valence electrons. The lowest BCUT2D eigenvalue weighted by molar-refractivity contribution is -0.125. The Bertz CT molecular complexity index is 372. The molecule has 1 N–H and O–H groups in total. The predicted molar refractivity (Wildman–Crippen MR) is 61.0 cm³/mol. The fourth-order valence-corrected chi connectivity index (χ4v) is 1.48. The highest BCUT2D eigenvalue weighted by Crippen LogP contribution is 2.20. The second-order valence-corrected chi connectivity index (χ2v) is 3.86. The first-order valence-corrected chi connectivity index (χ1v) is 4.96. The molecule has 1 amide bonds. The van der Waals surface area contributed by atoms with Crippen LogP contribution in [0.5, 0.6) is 0 Å². The Morgan fingerprint density at radius 2 is 2.00 bits per heavy atom. The fraction of sp³-hybridized carbons (Fsp3) is 0.417. The monoisotopic (exact) mass is 207 g/mol. The van der Waals surface area contributed by atoms with Gasteiger partial charge in [-0.25, -0.2) is 0 Å². The molecule has 1 unspecified atom stereocenters. The Hall–Kier alpha value is -1.35. The van der Waals surface area contributed by atoms with Crippen molar-refractivity contribution in [1.29, 1.82) is 0 Å². The van der Waals surface area contributed by atoms with E-state index in [2.05, 4.69) is 0 Å². The summed E-state index contributed by atoms with van der Waals surface area (Å²) in [4.78, 5) is 13.1. The normalized spacial score (nSPS) is 12.3. The number of aryl methyl sites for hydroxylation is 2. The molecule has 0 aliphatic rings. The molecule has 0 bridgehead atoms. The largest absolute Gasteiger partial charge is 0.384 e. The van der Waals surface area contributed by atoms with Crippen LogP contribution in [-0.2, 0) is 4.79 Å². The smallest absolute Gasteiger partial charge is 0.255 e. The molecule has 3 nitrogen and oxygen atoms in total. The summed E-state index contributed by atoms with van der Waals surface area (Å²) in [6, 6.07) is 5.91. The van der Waals surface area contributed by atoms with Crippen molar-refractivity contribution in [2.45, 2.75) is 26.9 Å². The van der Waals surface area contributed by atoms with Crippen LogP contribution in [0, 0.1) is 13.8 Å². The van der Waals surface area contributed by atoms with E-state index in [1.54, 1.807) is 7.05 Å². The van der Waals surface area contributed by atoms with Gasteiger partial charge in [0.2, 0.25) is 0 Å². The lowest BCUT2D eigenvalue weighted by atomic mass is 10.1. The number of aliphatic hydroxyl groups is 1. The van der Waals surface area contributed by atoms with E-state index in [0.29, 0.717) is 0 Å². The van der Waals surface area contributed by atoms with Crippen LogP contribution in [0.4, 0.5) is 5.69 Å². The summed E-state index contributed by atoms with van der Waals surface area (Å²) >= 11 is 0. The Kier molecular flexibility index (Phi) is 3.48. The molecular formula is C12H17NO2. The van der Waals surface area contributed by atoms with Gasteiger partial charge in [-0.15, -0.1) is 0 Å². The molecule has 0 fully saturated rings. The van der Waals surface area contributed by atoms with Gasteiger partial charge in [0, 0.05) is 12.7 Å². The van der Waals surface area contributed by atoms with E-state index in [-0.39, 0.29) is 5.91 Å². The van der Waals surface area contributed by atoms with Crippen molar-refractivity contribution in [3.8, 4) is 0 Å². The molecule has 0 saturated carbocycles. The maximum absolute atomic E-state index is 11.6. The van der Waals surface area contributed by atoms with Crippen molar-refractivity contribution in [3.63, 3.8) is 0 Å². The standard InChI is InChI=1S/C12H17NO2/c1-8-5-6-9(2)11(7-8)13(4)12(15)10(3)14/h5-7,10,14H,1-4H3. The molecule has 0 aliphatic carbocycles. The topological polar surface area (TPSA) is 40.5 Å². The second-order valence-electron chi connectivity index (χ2n) is 3.86. The third-order valence-corrected chi connectivity index (χ3v) is 2.41.